The Hall–Kier alpha value is -2.63. The van der Waals surface area contributed by atoms with Crippen LogP contribution in [-0.4, -0.2) is 25.8 Å². The van der Waals surface area contributed by atoms with Gasteiger partial charge in [0, 0.05) is 24.9 Å². The summed E-state index contributed by atoms with van der Waals surface area (Å²) in [4.78, 5) is 8.66. The average Bonchev–Trinajstić information content (AvgIpc) is 3.11. The van der Waals surface area contributed by atoms with Crippen LogP contribution in [-0.2, 0) is 6.42 Å². The normalized spacial score (nSPS) is 12.2. The largest absolute Gasteiger partial charge is 0.469 e. The van der Waals surface area contributed by atoms with Crippen molar-refractivity contribution in [2.45, 2.75) is 19.4 Å². The minimum atomic E-state index is 0.198. The van der Waals surface area contributed by atoms with Gasteiger partial charge in [0.1, 0.15) is 11.6 Å². The Kier molecular flexibility index (Phi) is 3.45. The van der Waals surface area contributed by atoms with Crippen molar-refractivity contribution in [1.82, 2.24) is 19.7 Å². The van der Waals surface area contributed by atoms with Crippen LogP contribution in [0.1, 0.15) is 12.7 Å². The summed E-state index contributed by atoms with van der Waals surface area (Å²) in [6.07, 6.45) is 9.39. The summed E-state index contributed by atoms with van der Waals surface area (Å²) in [5.74, 6) is 2.35. The second-order valence-electron chi connectivity index (χ2n) is 4.54. The fourth-order valence-corrected chi connectivity index (χ4v) is 1.97. The Morgan fingerprint density at radius 3 is 3.05 bits per heavy atom. The minimum Gasteiger partial charge on any atom is -0.469 e. The third kappa shape index (κ3) is 2.85. The lowest BCUT2D eigenvalue weighted by atomic mass is 10.2. The molecule has 1 atom stereocenters. The summed E-state index contributed by atoms with van der Waals surface area (Å²) in [6, 6.07) is 5.90. The molecule has 3 aromatic rings. The highest BCUT2D eigenvalue weighted by Crippen LogP contribution is 2.10. The van der Waals surface area contributed by atoms with Crippen molar-refractivity contribution in [1.29, 1.82) is 0 Å². The van der Waals surface area contributed by atoms with E-state index >= 15 is 0 Å². The molecule has 0 radical (unpaired) electrons. The van der Waals surface area contributed by atoms with Crippen LogP contribution in [0.3, 0.4) is 0 Å². The molecule has 0 aliphatic rings. The lowest BCUT2D eigenvalue weighted by Crippen LogP contribution is -2.19. The van der Waals surface area contributed by atoms with Gasteiger partial charge >= 0.3 is 0 Å². The molecule has 3 aromatic heterocycles. The smallest absolute Gasteiger partial charge is 0.173 e. The minimum absolute atomic E-state index is 0.198. The quantitative estimate of drug-likeness (QED) is 0.769. The van der Waals surface area contributed by atoms with Gasteiger partial charge in [0.15, 0.2) is 5.82 Å². The zero-order valence-corrected chi connectivity index (χ0v) is 11.1. The molecule has 0 aliphatic heterocycles. The molecule has 0 fully saturated rings. The van der Waals surface area contributed by atoms with Gasteiger partial charge in [0.2, 0.25) is 0 Å². The Labute approximate surface area is 116 Å². The molecule has 0 saturated carbocycles. The summed E-state index contributed by atoms with van der Waals surface area (Å²) in [6.45, 7) is 2.07. The van der Waals surface area contributed by atoms with Crippen LogP contribution < -0.4 is 5.32 Å². The molecule has 102 valence electrons. The first-order valence-electron chi connectivity index (χ1n) is 6.42. The van der Waals surface area contributed by atoms with Crippen LogP contribution in [0, 0.1) is 0 Å². The summed E-state index contributed by atoms with van der Waals surface area (Å²) in [7, 11) is 0. The van der Waals surface area contributed by atoms with Crippen molar-refractivity contribution in [2.24, 2.45) is 0 Å². The second kappa shape index (κ2) is 5.56. The van der Waals surface area contributed by atoms with Crippen molar-refractivity contribution in [3.63, 3.8) is 0 Å². The van der Waals surface area contributed by atoms with Gasteiger partial charge in [-0.15, -0.1) is 0 Å². The summed E-state index contributed by atoms with van der Waals surface area (Å²) >= 11 is 0. The van der Waals surface area contributed by atoms with Crippen LogP contribution in [0.25, 0.3) is 5.82 Å². The molecule has 3 heterocycles. The average molecular weight is 269 g/mol. The van der Waals surface area contributed by atoms with Crippen LogP contribution in [0.4, 0.5) is 5.82 Å². The Balaban J connectivity index is 1.70. The van der Waals surface area contributed by atoms with Gasteiger partial charge in [-0.3, -0.25) is 4.98 Å². The predicted molar refractivity (Wildman–Crippen MR) is 74.7 cm³/mol. The molecule has 0 bridgehead atoms. The maximum Gasteiger partial charge on any atom is 0.173 e. The molecule has 0 aromatic carbocycles. The number of hydrogen-bond donors (Lipinski definition) is 1. The Morgan fingerprint density at radius 2 is 2.30 bits per heavy atom. The lowest BCUT2D eigenvalue weighted by molar-refractivity contribution is 0.497. The summed E-state index contributed by atoms with van der Waals surface area (Å²) in [5, 5.41) is 7.45. The van der Waals surface area contributed by atoms with Crippen molar-refractivity contribution in [2.75, 3.05) is 5.32 Å². The molecule has 6 nitrogen and oxygen atoms in total. The predicted octanol–water partition coefficient (Wildman–Crippen LogP) is 2.30. The molecule has 1 N–H and O–H groups in total. The molecule has 3 rings (SSSR count). The number of nitrogens with zero attached hydrogens (tertiary/aromatic N) is 4. The first-order chi connectivity index (χ1) is 9.81. The summed E-state index contributed by atoms with van der Waals surface area (Å²) in [5.41, 5.74) is 0. The van der Waals surface area contributed by atoms with Crippen LogP contribution in [0.2, 0.25) is 0 Å². The third-order valence-electron chi connectivity index (χ3n) is 2.84. The first-order valence-corrected chi connectivity index (χ1v) is 6.42. The van der Waals surface area contributed by atoms with E-state index in [1.165, 1.54) is 0 Å². The number of nitrogens with one attached hydrogen (secondary N) is 1. The molecular formula is C14H15N5O. The van der Waals surface area contributed by atoms with Crippen LogP contribution >= 0.6 is 0 Å². The van der Waals surface area contributed by atoms with E-state index in [0.29, 0.717) is 5.82 Å². The molecule has 0 spiro atoms. The van der Waals surface area contributed by atoms with Crippen LogP contribution in [0.5, 0.6) is 0 Å². The van der Waals surface area contributed by atoms with Crippen molar-refractivity contribution >= 4 is 5.82 Å². The number of rotatable bonds is 5. The third-order valence-corrected chi connectivity index (χ3v) is 2.84. The number of furan rings is 1. The monoisotopic (exact) mass is 269 g/mol. The van der Waals surface area contributed by atoms with Gasteiger partial charge in [-0.2, -0.15) is 5.10 Å². The van der Waals surface area contributed by atoms with Crippen molar-refractivity contribution < 1.29 is 4.42 Å². The molecule has 0 saturated heterocycles. The van der Waals surface area contributed by atoms with Gasteiger partial charge in [-0.25, -0.2) is 9.67 Å². The highest BCUT2D eigenvalue weighted by Gasteiger charge is 2.07. The highest BCUT2D eigenvalue weighted by molar-refractivity contribution is 5.36. The van der Waals surface area contributed by atoms with E-state index in [9.17, 15) is 0 Å². The molecule has 0 unspecified atom stereocenters. The summed E-state index contributed by atoms with van der Waals surface area (Å²) < 4.78 is 7.01. The van der Waals surface area contributed by atoms with Gasteiger partial charge in [0.05, 0.1) is 18.7 Å². The SMILES string of the molecule is C[C@H](Cc1ccco1)Nc1cncc(-n2cccn2)n1. The molecular weight excluding hydrogens is 254 g/mol. The number of anilines is 1. The fraction of sp³-hybridized carbons (Fsp3) is 0.214. The number of hydrogen-bond acceptors (Lipinski definition) is 5. The zero-order valence-electron chi connectivity index (χ0n) is 11.1. The molecule has 6 heteroatoms. The van der Waals surface area contributed by atoms with E-state index in [1.54, 1.807) is 29.5 Å². The van der Waals surface area contributed by atoms with Crippen LogP contribution in [0.15, 0.2) is 53.7 Å². The molecule has 0 amide bonds. The van der Waals surface area contributed by atoms with Crippen molar-refractivity contribution in [3.8, 4) is 5.82 Å². The fourth-order valence-electron chi connectivity index (χ4n) is 1.97. The lowest BCUT2D eigenvalue weighted by Gasteiger charge is -2.13. The van der Waals surface area contributed by atoms with E-state index in [2.05, 4.69) is 27.3 Å². The Morgan fingerprint density at radius 1 is 1.35 bits per heavy atom. The van der Waals surface area contributed by atoms with Gasteiger partial charge in [0.25, 0.3) is 0 Å². The Bertz CT molecular complexity index is 648. The topological polar surface area (TPSA) is 68.8 Å². The van der Waals surface area contributed by atoms with Gasteiger partial charge in [-0.1, -0.05) is 0 Å². The maximum atomic E-state index is 5.33. The zero-order chi connectivity index (χ0) is 13.8. The van der Waals surface area contributed by atoms with E-state index in [0.717, 1.165) is 18.0 Å². The van der Waals surface area contributed by atoms with E-state index in [4.69, 9.17) is 4.42 Å². The maximum absolute atomic E-state index is 5.33. The highest BCUT2D eigenvalue weighted by atomic mass is 16.3. The number of aromatic nitrogens is 4. The molecule has 20 heavy (non-hydrogen) atoms. The second-order valence-corrected chi connectivity index (χ2v) is 4.54. The standard InChI is InChI=1S/C14H15N5O/c1-11(8-12-4-2-7-20-12)17-13-9-15-10-14(18-13)19-6-3-5-16-19/h2-7,9-11H,8H2,1H3,(H,17,18)/t11-/m1/s1. The first kappa shape index (κ1) is 12.4. The van der Waals surface area contributed by atoms with Crippen molar-refractivity contribution in [3.05, 3.63) is 55.0 Å². The van der Waals surface area contributed by atoms with Gasteiger partial charge in [-0.05, 0) is 25.1 Å². The van der Waals surface area contributed by atoms with E-state index < -0.39 is 0 Å². The van der Waals surface area contributed by atoms with Gasteiger partial charge < -0.3 is 9.73 Å². The van der Waals surface area contributed by atoms with E-state index in [1.807, 2.05) is 24.4 Å². The van der Waals surface area contributed by atoms with E-state index in [-0.39, 0.29) is 6.04 Å². The molecule has 0 aliphatic carbocycles.